The molecule has 1 amide bonds. The van der Waals surface area contributed by atoms with Crippen molar-refractivity contribution < 1.29 is 9.72 Å². The number of nitrogens with zero attached hydrogens (tertiary/aromatic N) is 1. The zero-order valence-electron chi connectivity index (χ0n) is 9.90. The molecule has 1 aromatic carbocycles. The molecule has 6 nitrogen and oxygen atoms in total. The predicted molar refractivity (Wildman–Crippen MR) is 76.7 cm³/mol. The Morgan fingerprint density at radius 2 is 2.17 bits per heavy atom. The second-order valence-corrected chi connectivity index (χ2v) is 4.80. The summed E-state index contributed by atoms with van der Waals surface area (Å²) in [4.78, 5) is 21.9. The van der Waals surface area contributed by atoms with Crippen molar-refractivity contribution in [3.05, 3.63) is 37.4 Å². The van der Waals surface area contributed by atoms with Gasteiger partial charge in [-0.25, -0.2) is 0 Å². The number of benzene rings is 1. The van der Waals surface area contributed by atoms with Crippen molar-refractivity contribution in [2.24, 2.45) is 0 Å². The van der Waals surface area contributed by atoms with Gasteiger partial charge in [0, 0.05) is 22.2 Å². The number of hydrogen-bond acceptors (Lipinski definition) is 4. The molecule has 0 aliphatic heterocycles. The van der Waals surface area contributed by atoms with Crippen LogP contribution < -0.4 is 10.6 Å². The van der Waals surface area contributed by atoms with Crippen LogP contribution in [0.4, 0.5) is 5.69 Å². The van der Waals surface area contributed by atoms with Crippen LogP contribution in [0.5, 0.6) is 0 Å². The van der Waals surface area contributed by atoms with Gasteiger partial charge in [-0.05, 0) is 48.7 Å². The summed E-state index contributed by atoms with van der Waals surface area (Å²) in [5.74, 6) is -0.203. The monoisotopic (exact) mass is 363 g/mol. The van der Waals surface area contributed by atoms with Crippen LogP contribution in [0.15, 0.2) is 18.2 Å². The SMILES string of the molecule is CNCCCNC(=O)c1ccc([N+](=O)[O-])cc1I. The molecule has 0 spiro atoms. The summed E-state index contributed by atoms with van der Waals surface area (Å²) < 4.78 is 0.577. The molecule has 98 valence electrons. The molecular weight excluding hydrogens is 349 g/mol. The number of amides is 1. The molecule has 0 aromatic heterocycles. The van der Waals surface area contributed by atoms with E-state index in [9.17, 15) is 14.9 Å². The minimum atomic E-state index is -0.475. The molecule has 0 heterocycles. The van der Waals surface area contributed by atoms with Gasteiger partial charge in [-0.2, -0.15) is 0 Å². The van der Waals surface area contributed by atoms with Crippen molar-refractivity contribution in [2.75, 3.05) is 20.1 Å². The van der Waals surface area contributed by atoms with Gasteiger partial charge in [-0.3, -0.25) is 14.9 Å². The molecule has 0 saturated carbocycles. The van der Waals surface area contributed by atoms with E-state index < -0.39 is 4.92 Å². The Morgan fingerprint density at radius 1 is 1.44 bits per heavy atom. The lowest BCUT2D eigenvalue weighted by atomic mass is 10.2. The van der Waals surface area contributed by atoms with Gasteiger partial charge >= 0.3 is 0 Å². The average Bonchev–Trinajstić information content (AvgIpc) is 2.34. The summed E-state index contributed by atoms with van der Waals surface area (Å²) in [5.41, 5.74) is 0.455. The number of nitrogens with one attached hydrogen (secondary N) is 2. The lowest BCUT2D eigenvalue weighted by Crippen LogP contribution is -2.27. The fourth-order valence-electron chi connectivity index (χ4n) is 1.36. The normalized spacial score (nSPS) is 10.1. The van der Waals surface area contributed by atoms with E-state index in [0.29, 0.717) is 15.7 Å². The van der Waals surface area contributed by atoms with Crippen LogP contribution in [-0.2, 0) is 0 Å². The molecule has 0 bridgehead atoms. The van der Waals surface area contributed by atoms with Gasteiger partial charge < -0.3 is 10.6 Å². The lowest BCUT2D eigenvalue weighted by Gasteiger charge is -2.06. The Labute approximate surface area is 118 Å². The highest BCUT2D eigenvalue weighted by Crippen LogP contribution is 2.19. The van der Waals surface area contributed by atoms with Gasteiger partial charge in [0.2, 0.25) is 0 Å². The first-order chi connectivity index (χ1) is 8.56. The topological polar surface area (TPSA) is 84.3 Å². The number of nitro benzene ring substituents is 1. The van der Waals surface area contributed by atoms with Gasteiger partial charge in [0.25, 0.3) is 11.6 Å². The minimum Gasteiger partial charge on any atom is -0.352 e. The summed E-state index contributed by atoms with van der Waals surface area (Å²) in [6.07, 6.45) is 0.839. The van der Waals surface area contributed by atoms with E-state index in [-0.39, 0.29) is 11.6 Å². The average molecular weight is 363 g/mol. The van der Waals surface area contributed by atoms with Crippen LogP contribution in [0, 0.1) is 13.7 Å². The summed E-state index contributed by atoms with van der Waals surface area (Å²) in [5, 5.41) is 16.3. The molecule has 0 atom stereocenters. The van der Waals surface area contributed by atoms with Crippen molar-refractivity contribution in [3.63, 3.8) is 0 Å². The Morgan fingerprint density at radius 3 is 2.72 bits per heavy atom. The van der Waals surface area contributed by atoms with E-state index in [1.807, 2.05) is 29.6 Å². The van der Waals surface area contributed by atoms with Crippen molar-refractivity contribution in [2.45, 2.75) is 6.42 Å². The Balaban J connectivity index is 2.66. The molecular formula is C11H14IN3O3. The number of rotatable bonds is 6. The molecule has 0 radical (unpaired) electrons. The Bertz CT molecular complexity index is 451. The summed E-state index contributed by atoms with van der Waals surface area (Å²) in [7, 11) is 1.85. The summed E-state index contributed by atoms with van der Waals surface area (Å²) >= 11 is 1.93. The number of non-ortho nitro benzene ring substituents is 1. The lowest BCUT2D eigenvalue weighted by molar-refractivity contribution is -0.384. The van der Waals surface area contributed by atoms with E-state index in [2.05, 4.69) is 10.6 Å². The van der Waals surface area contributed by atoms with Crippen molar-refractivity contribution >= 4 is 34.2 Å². The van der Waals surface area contributed by atoms with E-state index >= 15 is 0 Å². The number of halogens is 1. The molecule has 2 N–H and O–H groups in total. The van der Waals surface area contributed by atoms with Crippen LogP contribution in [0.3, 0.4) is 0 Å². The second-order valence-electron chi connectivity index (χ2n) is 3.63. The van der Waals surface area contributed by atoms with Gasteiger partial charge in [-0.15, -0.1) is 0 Å². The number of carbonyl (C=O) groups is 1. The fraction of sp³-hybridized carbons (Fsp3) is 0.364. The van der Waals surface area contributed by atoms with E-state index in [4.69, 9.17) is 0 Å². The fourth-order valence-corrected chi connectivity index (χ4v) is 2.11. The number of hydrogen-bond donors (Lipinski definition) is 2. The molecule has 0 aliphatic rings. The van der Waals surface area contributed by atoms with Crippen molar-refractivity contribution in [1.29, 1.82) is 0 Å². The third-order valence-corrected chi connectivity index (χ3v) is 3.19. The van der Waals surface area contributed by atoms with Gasteiger partial charge in [0.15, 0.2) is 0 Å². The predicted octanol–water partition coefficient (Wildman–Crippen LogP) is 1.54. The van der Waals surface area contributed by atoms with Crippen LogP contribution in [0.2, 0.25) is 0 Å². The van der Waals surface area contributed by atoms with Crippen LogP contribution in [0.1, 0.15) is 16.8 Å². The maximum Gasteiger partial charge on any atom is 0.270 e. The highest BCUT2D eigenvalue weighted by molar-refractivity contribution is 14.1. The maximum atomic E-state index is 11.8. The molecule has 18 heavy (non-hydrogen) atoms. The van der Waals surface area contributed by atoms with Crippen LogP contribution in [0.25, 0.3) is 0 Å². The van der Waals surface area contributed by atoms with Gasteiger partial charge in [-0.1, -0.05) is 0 Å². The molecule has 0 aliphatic carbocycles. The molecule has 0 fully saturated rings. The molecule has 7 heteroatoms. The standard InChI is InChI=1S/C11H14IN3O3/c1-13-5-2-6-14-11(16)9-4-3-8(15(17)18)7-10(9)12/h3-4,7,13H,2,5-6H2,1H3,(H,14,16). The molecule has 0 unspecified atom stereocenters. The largest absolute Gasteiger partial charge is 0.352 e. The third-order valence-electron chi connectivity index (χ3n) is 2.30. The first-order valence-corrected chi connectivity index (χ1v) is 6.51. The summed E-state index contributed by atoms with van der Waals surface area (Å²) in [6.45, 7) is 1.41. The van der Waals surface area contributed by atoms with Gasteiger partial charge in [0.05, 0.1) is 10.5 Å². The zero-order chi connectivity index (χ0) is 13.5. The highest BCUT2D eigenvalue weighted by Gasteiger charge is 2.13. The Hall–Kier alpha value is -1.22. The second kappa shape index (κ2) is 7.27. The van der Waals surface area contributed by atoms with E-state index in [1.54, 1.807) is 0 Å². The Kier molecular flexibility index (Phi) is 5.99. The quantitative estimate of drug-likeness (QED) is 0.348. The summed E-state index contributed by atoms with van der Waals surface area (Å²) in [6, 6.07) is 4.21. The first-order valence-electron chi connectivity index (χ1n) is 5.43. The molecule has 1 aromatic rings. The number of nitro groups is 1. The smallest absolute Gasteiger partial charge is 0.270 e. The van der Waals surface area contributed by atoms with Crippen LogP contribution in [-0.4, -0.2) is 31.0 Å². The first kappa shape index (κ1) is 14.8. The van der Waals surface area contributed by atoms with E-state index in [1.165, 1.54) is 18.2 Å². The third kappa shape index (κ3) is 4.22. The maximum absolute atomic E-state index is 11.8. The molecule has 0 saturated heterocycles. The van der Waals surface area contributed by atoms with E-state index in [0.717, 1.165) is 13.0 Å². The van der Waals surface area contributed by atoms with Crippen LogP contribution >= 0.6 is 22.6 Å². The number of carbonyl (C=O) groups excluding carboxylic acids is 1. The van der Waals surface area contributed by atoms with Crippen molar-refractivity contribution in [1.82, 2.24) is 10.6 Å². The van der Waals surface area contributed by atoms with Gasteiger partial charge in [0.1, 0.15) is 0 Å². The zero-order valence-corrected chi connectivity index (χ0v) is 12.1. The highest BCUT2D eigenvalue weighted by atomic mass is 127. The molecule has 1 rings (SSSR count). The minimum absolute atomic E-state index is 0.00821. The van der Waals surface area contributed by atoms with Crippen molar-refractivity contribution in [3.8, 4) is 0 Å².